The largest absolute Gasteiger partial charge is 0.478 e. The first-order valence-electron chi connectivity index (χ1n) is 4.87. The van der Waals surface area contributed by atoms with E-state index < -0.39 is 11.8 Å². The van der Waals surface area contributed by atoms with Gasteiger partial charge in [-0.1, -0.05) is 35.0 Å². The summed E-state index contributed by atoms with van der Waals surface area (Å²) >= 11 is 12.4. The standard InChI is InChI=1S/C11H5Cl2FN2O2S/c12-9-4-8(10(13)16-15-9)19-7-3-5(11(17)18)1-2-6(7)14/h1-4H,(H,17,18). The van der Waals surface area contributed by atoms with Crippen molar-refractivity contribution in [1.82, 2.24) is 10.2 Å². The van der Waals surface area contributed by atoms with Crippen LogP contribution in [0.25, 0.3) is 0 Å². The van der Waals surface area contributed by atoms with E-state index in [0.717, 1.165) is 17.8 Å². The zero-order valence-corrected chi connectivity index (χ0v) is 11.4. The maximum atomic E-state index is 13.6. The van der Waals surface area contributed by atoms with Gasteiger partial charge in [0.25, 0.3) is 0 Å². The number of carbonyl (C=O) groups is 1. The number of rotatable bonds is 3. The molecule has 0 amide bonds. The molecule has 1 aromatic heterocycles. The summed E-state index contributed by atoms with van der Waals surface area (Å²) in [4.78, 5) is 11.3. The molecule has 1 heterocycles. The molecule has 0 radical (unpaired) electrons. The summed E-state index contributed by atoms with van der Waals surface area (Å²) in [5, 5.41) is 16.2. The highest BCUT2D eigenvalue weighted by molar-refractivity contribution is 7.99. The SMILES string of the molecule is O=C(O)c1ccc(F)c(Sc2cc(Cl)nnc2Cl)c1. The smallest absolute Gasteiger partial charge is 0.335 e. The fourth-order valence-electron chi connectivity index (χ4n) is 1.24. The highest BCUT2D eigenvalue weighted by Crippen LogP contribution is 2.34. The monoisotopic (exact) mass is 318 g/mol. The van der Waals surface area contributed by atoms with Crippen LogP contribution in [0.5, 0.6) is 0 Å². The second-order valence-corrected chi connectivity index (χ2v) is 5.20. The van der Waals surface area contributed by atoms with E-state index in [1.165, 1.54) is 18.2 Å². The van der Waals surface area contributed by atoms with E-state index in [4.69, 9.17) is 28.3 Å². The normalized spacial score (nSPS) is 10.5. The summed E-state index contributed by atoms with van der Waals surface area (Å²) in [6.45, 7) is 0. The van der Waals surface area contributed by atoms with Gasteiger partial charge in [0.15, 0.2) is 10.3 Å². The number of carboxylic acid groups (broad SMARTS) is 1. The molecule has 2 rings (SSSR count). The molecule has 0 saturated heterocycles. The van der Waals surface area contributed by atoms with Crippen molar-refractivity contribution >= 4 is 40.9 Å². The Bertz CT molecular complexity index is 655. The predicted octanol–water partition coefficient (Wildman–Crippen LogP) is 3.77. The van der Waals surface area contributed by atoms with Crippen molar-refractivity contribution in [3.8, 4) is 0 Å². The van der Waals surface area contributed by atoms with Gasteiger partial charge in [0.1, 0.15) is 5.82 Å². The lowest BCUT2D eigenvalue weighted by atomic mass is 10.2. The van der Waals surface area contributed by atoms with Crippen molar-refractivity contribution in [1.29, 1.82) is 0 Å². The molecular formula is C11H5Cl2FN2O2S. The van der Waals surface area contributed by atoms with Crippen LogP contribution < -0.4 is 0 Å². The van der Waals surface area contributed by atoms with E-state index in [2.05, 4.69) is 10.2 Å². The Kier molecular flexibility index (Phi) is 4.24. The highest BCUT2D eigenvalue weighted by Gasteiger charge is 2.12. The van der Waals surface area contributed by atoms with E-state index in [-0.39, 0.29) is 20.8 Å². The number of aromatic nitrogens is 2. The van der Waals surface area contributed by atoms with Crippen LogP contribution in [0.15, 0.2) is 34.1 Å². The van der Waals surface area contributed by atoms with Gasteiger partial charge in [-0.2, -0.15) is 0 Å². The molecule has 0 atom stereocenters. The van der Waals surface area contributed by atoms with Gasteiger partial charge in [-0.25, -0.2) is 9.18 Å². The Balaban J connectivity index is 2.40. The highest BCUT2D eigenvalue weighted by atomic mass is 35.5. The first-order chi connectivity index (χ1) is 8.97. The summed E-state index contributed by atoms with van der Waals surface area (Å²) in [6.07, 6.45) is 0. The minimum atomic E-state index is -1.14. The molecule has 0 aliphatic rings. The zero-order chi connectivity index (χ0) is 14.0. The van der Waals surface area contributed by atoms with E-state index in [1.807, 2.05) is 0 Å². The average molecular weight is 319 g/mol. The second kappa shape index (κ2) is 5.73. The molecule has 0 aliphatic heterocycles. The van der Waals surface area contributed by atoms with Gasteiger partial charge in [-0.15, -0.1) is 10.2 Å². The van der Waals surface area contributed by atoms with Gasteiger partial charge in [-0.05, 0) is 24.3 Å². The summed E-state index contributed by atoms with van der Waals surface area (Å²) in [5.74, 6) is -1.70. The van der Waals surface area contributed by atoms with Gasteiger partial charge < -0.3 is 5.11 Å². The molecule has 0 unspecified atom stereocenters. The van der Waals surface area contributed by atoms with Crippen molar-refractivity contribution in [3.63, 3.8) is 0 Å². The van der Waals surface area contributed by atoms with Crippen LogP contribution in [-0.4, -0.2) is 21.3 Å². The Hall–Kier alpha value is -1.37. The van der Waals surface area contributed by atoms with Crippen molar-refractivity contribution in [2.75, 3.05) is 0 Å². The molecule has 98 valence electrons. The third-order valence-electron chi connectivity index (χ3n) is 2.08. The van der Waals surface area contributed by atoms with Gasteiger partial charge >= 0.3 is 5.97 Å². The molecule has 1 aromatic carbocycles. The quantitative estimate of drug-likeness (QED) is 0.933. The van der Waals surface area contributed by atoms with Crippen LogP contribution in [0.3, 0.4) is 0 Å². The lowest BCUT2D eigenvalue weighted by molar-refractivity contribution is 0.0696. The number of carboxylic acids is 1. The van der Waals surface area contributed by atoms with E-state index in [9.17, 15) is 9.18 Å². The molecule has 0 aliphatic carbocycles. The number of nitrogens with zero attached hydrogens (tertiary/aromatic N) is 2. The van der Waals surface area contributed by atoms with Crippen molar-refractivity contribution in [2.24, 2.45) is 0 Å². The van der Waals surface area contributed by atoms with E-state index in [1.54, 1.807) is 0 Å². The topological polar surface area (TPSA) is 63.1 Å². The number of aromatic carboxylic acids is 1. The molecule has 19 heavy (non-hydrogen) atoms. The lowest BCUT2D eigenvalue weighted by Crippen LogP contribution is -1.97. The fourth-order valence-corrected chi connectivity index (χ4v) is 2.55. The van der Waals surface area contributed by atoms with Gasteiger partial charge in [0.2, 0.25) is 0 Å². The van der Waals surface area contributed by atoms with Crippen molar-refractivity contribution < 1.29 is 14.3 Å². The number of halogens is 3. The Morgan fingerprint density at radius 3 is 2.63 bits per heavy atom. The molecule has 0 spiro atoms. The second-order valence-electron chi connectivity index (χ2n) is 3.37. The Labute approximate surface area is 121 Å². The maximum Gasteiger partial charge on any atom is 0.335 e. The van der Waals surface area contributed by atoms with Gasteiger partial charge in [-0.3, -0.25) is 0 Å². The molecule has 0 fully saturated rings. The van der Waals surface area contributed by atoms with Crippen LogP contribution in [0, 0.1) is 5.82 Å². The molecule has 2 aromatic rings. The van der Waals surface area contributed by atoms with Crippen LogP contribution in [-0.2, 0) is 0 Å². The Morgan fingerprint density at radius 2 is 1.95 bits per heavy atom. The molecule has 0 saturated carbocycles. The van der Waals surface area contributed by atoms with Crippen LogP contribution in [0.1, 0.15) is 10.4 Å². The van der Waals surface area contributed by atoms with Crippen molar-refractivity contribution in [3.05, 3.63) is 46.0 Å². The first kappa shape index (κ1) is 14.0. The Morgan fingerprint density at radius 1 is 1.21 bits per heavy atom. The molecule has 0 bridgehead atoms. The van der Waals surface area contributed by atoms with E-state index >= 15 is 0 Å². The minimum absolute atomic E-state index is 0.0202. The van der Waals surface area contributed by atoms with Crippen molar-refractivity contribution in [2.45, 2.75) is 9.79 Å². The maximum absolute atomic E-state index is 13.6. The zero-order valence-electron chi connectivity index (χ0n) is 9.10. The summed E-state index contributed by atoms with van der Waals surface area (Å²) in [7, 11) is 0. The molecule has 1 N–H and O–H groups in total. The minimum Gasteiger partial charge on any atom is -0.478 e. The lowest BCUT2D eigenvalue weighted by Gasteiger charge is -2.05. The van der Waals surface area contributed by atoms with Crippen LogP contribution in [0.2, 0.25) is 10.3 Å². The third-order valence-corrected chi connectivity index (χ3v) is 3.72. The fraction of sp³-hybridized carbons (Fsp3) is 0. The average Bonchev–Trinajstić information content (AvgIpc) is 2.36. The summed E-state index contributed by atoms with van der Waals surface area (Å²) in [5.41, 5.74) is -0.0202. The van der Waals surface area contributed by atoms with Gasteiger partial charge in [0, 0.05) is 4.90 Å². The number of benzene rings is 1. The number of hydrogen-bond acceptors (Lipinski definition) is 4. The van der Waals surface area contributed by atoms with Crippen LogP contribution in [0.4, 0.5) is 4.39 Å². The van der Waals surface area contributed by atoms with Crippen LogP contribution >= 0.6 is 35.0 Å². The number of hydrogen-bond donors (Lipinski definition) is 1. The van der Waals surface area contributed by atoms with E-state index in [0.29, 0.717) is 4.90 Å². The van der Waals surface area contributed by atoms with Gasteiger partial charge in [0.05, 0.1) is 10.5 Å². The first-order valence-corrected chi connectivity index (χ1v) is 6.44. The molecular weight excluding hydrogens is 314 g/mol. The summed E-state index contributed by atoms with van der Waals surface area (Å²) < 4.78 is 13.6. The predicted molar refractivity (Wildman–Crippen MR) is 69.5 cm³/mol. The molecule has 4 nitrogen and oxygen atoms in total. The molecule has 8 heteroatoms. The third kappa shape index (κ3) is 3.34. The summed E-state index contributed by atoms with van der Waals surface area (Å²) in [6, 6.07) is 4.90.